The van der Waals surface area contributed by atoms with E-state index in [-0.39, 0.29) is 31.0 Å². The Morgan fingerprint density at radius 2 is 1.45 bits per heavy atom. The van der Waals surface area contributed by atoms with Crippen LogP contribution in [0.3, 0.4) is 0 Å². The number of aliphatic hydroxyl groups is 1. The van der Waals surface area contributed by atoms with E-state index in [1.807, 2.05) is 97.1 Å². The predicted molar refractivity (Wildman–Crippen MR) is 187 cm³/mol. The van der Waals surface area contributed by atoms with Crippen LogP contribution < -0.4 is 10.1 Å². The minimum Gasteiger partial charge on any atom is -0.494 e. The molecule has 6 rings (SSSR count). The van der Waals surface area contributed by atoms with Gasteiger partial charge < -0.3 is 19.9 Å². The van der Waals surface area contributed by atoms with Crippen molar-refractivity contribution in [1.29, 1.82) is 0 Å². The Kier molecular flexibility index (Phi) is 10.6. The molecule has 2 atom stereocenters. The number of carbonyl (C=O) groups is 1. The van der Waals surface area contributed by atoms with Crippen LogP contribution in [0.15, 0.2) is 138 Å². The normalized spacial score (nSPS) is 17.0. The summed E-state index contributed by atoms with van der Waals surface area (Å²) in [4.78, 5) is 19.4. The number of carbonyl (C=O) groups excluding carboxylic acids is 1. The average molecular weight is 659 g/mol. The number of nitrogens with one attached hydrogen (secondary N) is 1. The van der Waals surface area contributed by atoms with Gasteiger partial charge in [-0.25, -0.2) is 13.8 Å². The Morgan fingerprint density at radius 3 is 2.12 bits per heavy atom. The molecule has 49 heavy (non-hydrogen) atoms. The molecule has 0 saturated carbocycles. The van der Waals surface area contributed by atoms with Gasteiger partial charge in [-0.05, 0) is 58.7 Å². The van der Waals surface area contributed by atoms with Crippen LogP contribution in [0.25, 0.3) is 17.2 Å². The summed E-state index contributed by atoms with van der Waals surface area (Å²) in [5, 5.41) is 11.9. The van der Waals surface area contributed by atoms with Gasteiger partial charge in [-0.3, -0.25) is 4.79 Å². The lowest BCUT2D eigenvalue weighted by Crippen LogP contribution is -2.48. The van der Waals surface area contributed by atoms with Gasteiger partial charge in [-0.2, -0.15) is 0 Å². The maximum absolute atomic E-state index is 14.6. The summed E-state index contributed by atoms with van der Waals surface area (Å²) in [5.41, 5.74) is 2.54. The number of nitrogens with zero attached hydrogens (tertiary/aromatic N) is 1. The number of amides is 1. The SMILES string of the molecule is O=C(NCc1c(F)cccc1F)[C@]1(C/C=C/c2ccccc2)N=C(c2ccc(OCCCO)cc2)O[C@@H]1c1ccc(-c2ccccc2)cc1. The minimum atomic E-state index is -1.53. The molecule has 0 bridgehead atoms. The van der Waals surface area contributed by atoms with Crippen molar-refractivity contribution in [1.82, 2.24) is 5.32 Å². The predicted octanol–water partition coefficient (Wildman–Crippen LogP) is 8.07. The van der Waals surface area contributed by atoms with Crippen LogP contribution in [0.1, 0.15) is 41.2 Å². The van der Waals surface area contributed by atoms with Crippen LogP contribution in [0.4, 0.5) is 8.78 Å². The molecule has 1 heterocycles. The van der Waals surface area contributed by atoms with Gasteiger partial charge in [0.15, 0.2) is 11.6 Å². The molecule has 248 valence electrons. The van der Waals surface area contributed by atoms with Crippen molar-refractivity contribution < 1.29 is 28.2 Å². The second-order valence-electron chi connectivity index (χ2n) is 11.7. The van der Waals surface area contributed by atoms with Crippen LogP contribution in [-0.4, -0.2) is 35.7 Å². The molecule has 5 aromatic carbocycles. The van der Waals surface area contributed by atoms with E-state index in [0.29, 0.717) is 29.9 Å². The zero-order valence-corrected chi connectivity index (χ0v) is 26.8. The molecule has 8 heteroatoms. The molecule has 0 aromatic heterocycles. The molecule has 1 aliphatic rings. The number of benzene rings is 5. The second kappa shape index (κ2) is 15.5. The fraction of sp³-hybridized carbons (Fsp3) is 0.171. The van der Waals surface area contributed by atoms with Crippen molar-refractivity contribution in [2.24, 2.45) is 4.99 Å². The van der Waals surface area contributed by atoms with E-state index in [1.165, 1.54) is 6.07 Å². The second-order valence-corrected chi connectivity index (χ2v) is 11.7. The van der Waals surface area contributed by atoms with Gasteiger partial charge >= 0.3 is 0 Å². The third-order valence-corrected chi connectivity index (χ3v) is 8.38. The molecule has 1 aliphatic heterocycles. The van der Waals surface area contributed by atoms with Gasteiger partial charge in [0.1, 0.15) is 17.4 Å². The largest absolute Gasteiger partial charge is 0.494 e. The number of hydrogen-bond donors (Lipinski definition) is 2. The van der Waals surface area contributed by atoms with Crippen molar-refractivity contribution in [3.63, 3.8) is 0 Å². The van der Waals surface area contributed by atoms with E-state index in [4.69, 9.17) is 19.6 Å². The lowest BCUT2D eigenvalue weighted by Gasteiger charge is -2.30. The van der Waals surface area contributed by atoms with Crippen molar-refractivity contribution in [2.75, 3.05) is 13.2 Å². The summed E-state index contributed by atoms with van der Waals surface area (Å²) in [7, 11) is 0. The molecule has 0 fully saturated rings. The Labute approximate surface area is 284 Å². The quantitative estimate of drug-likeness (QED) is 0.126. The molecule has 0 unspecified atom stereocenters. The van der Waals surface area contributed by atoms with Crippen molar-refractivity contribution in [3.05, 3.63) is 167 Å². The number of aliphatic hydroxyl groups excluding tert-OH is 1. The third kappa shape index (κ3) is 7.77. The summed E-state index contributed by atoms with van der Waals surface area (Å²) in [5.74, 6) is -1.17. The minimum absolute atomic E-state index is 0.0306. The van der Waals surface area contributed by atoms with E-state index < -0.39 is 29.2 Å². The molecule has 2 N–H and O–H groups in total. The maximum Gasteiger partial charge on any atom is 0.252 e. The molecular formula is C41H36F2N2O4. The van der Waals surface area contributed by atoms with E-state index in [1.54, 1.807) is 24.3 Å². The van der Waals surface area contributed by atoms with Gasteiger partial charge in [-0.15, -0.1) is 0 Å². The van der Waals surface area contributed by atoms with Crippen LogP contribution in [-0.2, 0) is 16.1 Å². The topological polar surface area (TPSA) is 80.2 Å². The maximum atomic E-state index is 14.6. The molecular weight excluding hydrogens is 622 g/mol. The Bertz CT molecular complexity index is 1890. The molecule has 5 aromatic rings. The van der Waals surface area contributed by atoms with Crippen molar-refractivity contribution in [3.8, 4) is 16.9 Å². The average Bonchev–Trinajstić information content (AvgIpc) is 3.53. The fourth-order valence-electron chi connectivity index (χ4n) is 5.76. The van der Waals surface area contributed by atoms with Crippen LogP contribution in [0.5, 0.6) is 5.75 Å². The van der Waals surface area contributed by atoms with Gasteiger partial charge in [0.05, 0.1) is 6.61 Å². The van der Waals surface area contributed by atoms with E-state index >= 15 is 0 Å². The number of rotatable bonds is 13. The first-order valence-corrected chi connectivity index (χ1v) is 16.2. The summed E-state index contributed by atoms with van der Waals surface area (Å²) in [6.45, 7) is 0.0305. The Morgan fingerprint density at radius 1 is 0.816 bits per heavy atom. The van der Waals surface area contributed by atoms with Crippen molar-refractivity contribution in [2.45, 2.75) is 31.0 Å². The number of halogens is 2. The lowest BCUT2D eigenvalue weighted by atomic mass is 9.83. The van der Waals surface area contributed by atoms with Crippen LogP contribution in [0, 0.1) is 11.6 Å². The van der Waals surface area contributed by atoms with Crippen LogP contribution >= 0.6 is 0 Å². The highest BCUT2D eigenvalue weighted by Crippen LogP contribution is 2.43. The van der Waals surface area contributed by atoms with Gasteiger partial charge in [0.25, 0.3) is 5.91 Å². The Hall–Kier alpha value is -5.60. The number of ether oxygens (including phenoxy) is 2. The standard InChI is InChI=1S/C41H36F2N2O4/c42-36-15-7-16-37(43)35(36)28-44-40(47)41(25-8-12-29-10-3-1-4-11-29)38(32-19-17-31(18-20-32)30-13-5-2-6-14-30)49-39(45-41)33-21-23-34(24-22-33)48-27-9-26-46/h1-8,10-24,38,46H,9,25-28H2,(H,44,47)/b12-8+/t38-,41-/m1/s1. The van der Waals surface area contributed by atoms with Gasteiger partial charge in [0, 0.05) is 37.1 Å². The zero-order chi connectivity index (χ0) is 34.1. The van der Waals surface area contributed by atoms with Gasteiger partial charge in [0.2, 0.25) is 5.90 Å². The zero-order valence-electron chi connectivity index (χ0n) is 26.8. The van der Waals surface area contributed by atoms with Crippen LogP contribution in [0.2, 0.25) is 0 Å². The summed E-state index contributed by atoms with van der Waals surface area (Å²) >= 11 is 0. The smallest absolute Gasteiger partial charge is 0.252 e. The number of hydrogen-bond acceptors (Lipinski definition) is 5. The first-order chi connectivity index (χ1) is 24.0. The lowest BCUT2D eigenvalue weighted by molar-refractivity contribution is -0.129. The van der Waals surface area contributed by atoms with E-state index in [9.17, 15) is 13.6 Å². The highest BCUT2D eigenvalue weighted by Gasteiger charge is 2.52. The highest BCUT2D eigenvalue weighted by molar-refractivity contribution is 6.01. The number of aliphatic imine (C=N–C) groups is 1. The molecule has 1 amide bonds. The summed E-state index contributed by atoms with van der Waals surface area (Å²) in [6.07, 6.45) is 3.54. The summed E-state index contributed by atoms with van der Waals surface area (Å²) < 4.78 is 41.5. The molecule has 0 aliphatic carbocycles. The Balaban J connectivity index is 1.39. The third-order valence-electron chi connectivity index (χ3n) is 8.38. The van der Waals surface area contributed by atoms with E-state index in [0.717, 1.165) is 28.8 Å². The first kappa shape index (κ1) is 33.3. The van der Waals surface area contributed by atoms with Gasteiger partial charge in [-0.1, -0.05) is 103 Å². The van der Waals surface area contributed by atoms with Crippen molar-refractivity contribution >= 4 is 17.9 Å². The summed E-state index contributed by atoms with van der Waals surface area (Å²) in [6, 6.07) is 38.2. The molecule has 0 spiro atoms. The van der Waals surface area contributed by atoms with E-state index in [2.05, 4.69) is 5.32 Å². The monoisotopic (exact) mass is 658 g/mol. The molecule has 0 radical (unpaired) electrons. The molecule has 6 nitrogen and oxygen atoms in total. The highest BCUT2D eigenvalue weighted by atomic mass is 19.1. The molecule has 0 saturated heterocycles. The fourth-order valence-corrected chi connectivity index (χ4v) is 5.76. The first-order valence-electron chi connectivity index (χ1n) is 16.2.